The SMILES string of the molecule is CCOC(=O)C[C@@H](NC(=O)c1cc2cc(Cl)cc(Cl)c2oc1=O)c1ccc(OC)cc1. The fraction of sp³-hybridized carbons (Fsp3) is 0.227. The first-order valence-electron chi connectivity index (χ1n) is 9.35. The second-order valence-corrected chi connectivity index (χ2v) is 7.41. The van der Waals surface area contributed by atoms with Gasteiger partial charge in [-0.05, 0) is 42.8 Å². The van der Waals surface area contributed by atoms with E-state index in [1.165, 1.54) is 25.3 Å². The minimum atomic E-state index is -0.862. The van der Waals surface area contributed by atoms with Gasteiger partial charge in [0.05, 0.1) is 31.2 Å². The maximum atomic E-state index is 12.9. The number of carbonyl (C=O) groups excluding carboxylic acids is 2. The van der Waals surface area contributed by atoms with Crippen molar-refractivity contribution < 1.29 is 23.5 Å². The predicted octanol–water partition coefficient (Wildman–Crippen LogP) is 4.53. The second kappa shape index (κ2) is 9.85. The number of halogens is 2. The number of benzene rings is 2. The fourth-order valence-corrected chi connectivity index (χ4v) is 3.57. The summed E-state index contributed by atoms with van der Waals surface area (Å²) in [6.45, 7) is 1.90. The zero-order chi connectivity index (χ0) is 22.5. The highest BCUT2D eigenvalue weighted by Crippen LogP contribution is 2.28. The van der Waals surface area contributed by atoms with Crippen molar-refractivity contribution in [2.75, 3.05) is 13.7 Å². The summed E-state index contributed by atoms with van der Waals surface area (Å²) >= 11 is 12.1. The Kier molecular flexibility index (Phi) is 7.20. The van der Waals surface area contributed by atoms with E-state index in [0.717, 1.165) is 0 Å². The van der Waals surface area contributed by atoms with E-state index in [1.807, 2.05) is 0 Å². The lowest BCUT2D eigenvalue weighted by Crippen LogP contribution is -2.33. The molecular weight excluding hydrogens is 445 g/mol. The molecule has 1 N–H and O–H groups in total. The standard InChI is InChI=1S/C22H19Cl2NO6/c1-3-30-19(26)11-18(12-4-6-15(29-2)7-5-12)25-21(27)16-9-13-8-14(23)10-17(24)20(13)31-22(16)28/h4-10,18H,3,11H2,1-2H3,(H,25,27)/t18-/m1/s1. The molecule has 7 nitrogen and oxygen atoms in total. The molecule has 162 valence electrons. The number of amides is 1. The van der Waals surface area contributed by atoms with Crippen LogP contribution in [0.4, 0.5) is 0 Å². The molecule has 0 spiro atoms. The van der Waals surface area contributed by atoms with Gasteiger partial charge in [0.25, 0.3) is 5.91 Å². The summed E-state index contributed by atoms with van der Waals surface area (Å²) in [6, 6.07) is 10.4. The molecule has 1 aromatic heterocycles. The third-order valence-electron chi connectivity index (χ3n) is 4.50. The Bertz CT molecular complexity index is 1170. The van der Waals surface area contributed by atoms with E-state index >= 15 is 0 Å². The van der Waals surface area contributed by atoms with E-state index in [4.69, 9.17) is 37.1 Å². The van der Waals surface area contributed by atoms with E-state index in [1.54, 1.807) is 31.2 Å². The number of ether oxygens (including phenoxy) is 2. The Hall–Kier alpha value is -3.03. The van der Waals surface area contributed by atoms with E-state index < -0.39 is 23.5 Å². The third-order valence-corrected chi connectivity index (χ3v) is 4.99. The van der Waals surface area contributed by atoms with Crippen molar-refractivity contribution in [1.82, 2.24) is 5.32 Å². The van der Waals surface area contributed by atoms with Crippen molar-refractivity contribution in [1.29, 1.82) is 0 Å². The van der Waals surface area contributed by atoms with Gasteiger partial charge < -0.3 is 19.2 Å². The minimum absolute atomic E-state index is 0.123. The van der Waals surface area contributed by atoms with Gasteiger partial charge in [-0.15, -0.1) is 0 Å². The van der Waals surface area contributed by atoms with Crippen LogP contribution in [0.1, 0.15) is 35.3 Å². The zero-order valence-electron chi connectivity index (χ0n) is 16.7. The molecule has 9 heteroatoms. The molecule has 0 aliphatic heterocycles. The molecule has 0 unspecified atom stereocenters. The lowest BCUT2D eigenvalue weighted by Gasteiger charge is -2.19. The average Bonchev–Trinajstić information content (AvgIpc) is 2.73. The summed E-state index contributed by atoms with van der Waals surface area (Å²) in [7, 11) is 1.53. The molecule has 0 radical (unpaired) electrons. The van der Waals surface area contributed by atoms with Gasteiger partial charge in [0, 0.05) is 10.4 Å². The number of methoxy groups -OCH3 is 1. The van der Waals surface area contributed by atoms with Crippen molar-refractivity contribution in [3.63, 3.8) is 0 Å². The number of hydrogen-bond acceptors (Lipinski definition) is 6. The number of rotatable bonds is 7. The quantitative estimate of drug-likeness (QED) is 0.408. The Morgan fingerprint density at radius 1 is 1.13 bits per heavy atom. The van der Waals surface area contributed by atoms with Crippen LogP contribution in [0.25, 0.3) is 11.0 Å². The van der Waals surface area contributed by atoms with Gasteiger partial charge in [-0.25, -0.2) is 4.79 Å². The Morgan fingerprint density at radius 3 is 2.48 bits per heavy atom. The molecule has 2 aromatic carbocycles. The predicted molar refractivity (Wildman–Crippen MR) is 117 cm³/mol. The van der Waals surface area contributed by atoms with Crippen molar-refractivity contribution >= 4 is 46.0 Å². The Balaban J connectivity index is 1.94. The molecule has 0 aliphatic carbocycles. The van der Waals surface area contributed by atoms with Gasteiger partial charge in [0.1, 0.15) is 11.3 Å². The average molecular weight is 464 g/mol. The Morgan fingerprint density at radius 2 is 1.84 bits per heavy atom. The first-order valence-corrected chi connectivity index (χ1v) is 10.1. The molecule has 1 amide bonds. The molecule has 3 rings (SSSR count). The summed E-state index contributed by atoms with van der Waals surface area (Å²) in [6.07, 6.45) is -0.123. The van der Waals surface area contributed by atoms with Crippen LogP contribution in [0.5, 0.6) is 5.75 Å². The third kappa shape index (κ3) is 5.37. The maximum Gasteiger partial charge on any atom is 0.349 e. The van der Waals surface area contributed by atoms with Crippen molar-refractivity contribution in [2.45, 2.75) is 19.4 Å². The lowest BCUT2D eigenvalue weighted by molar-refractivity contribution is -0.143. The maximum absolute atomic E-state index is 12.9. The summed E-state index contributed by atoms with van der Waals surface area (Å²) in [5, 5.41) is 3.59. The number of carbonyl (C=O) groups is 2. The van der Waals surface area contributed by atoms with Crippen LogP contribution in [-0.2, 0) is 9.53 Å². The highest BCUT2D eigenvalue weighted by atomic mass is 35.5. The van der Waals surface area contributed by atoms with E-state index in [2.05, 4.69) is 5.32 Å². The summed E-state index contributed by atoms with van der Waals surface area (Å²) in [5.74, 6) is -0.585. The van der Waals surface area contributed by atoms with Gasteiger partial charge in [-0.1, -0.05) is 35.3 Å². The van der Waals surface area contributed by atoms with Gasteiger partial charge in [-0.3, -0.25) is 9.59 Å². The van der Waals surface area contributed by atoms with Crippen LogP contribution in [-0.4, -0.2) is 25.6 Å². The van der Waals surface area contributed by atoms with Crippen LogP contribution in [0.2, 0.25) is 10.0 Å². The zero-order valence-corrected chi connectivity index (χ0v) is 18.3. The number of nitrogens with one attached hydrogen (secondary N) is 1. The number of hydrogen-bond donors (Lipinski definition) is 1. The highest BCUT2D eigenvalue weighted by Gasteiger charge is 2.23. The topological polar surface area (TPSA) is 94.8 Å². The summed E-state index contributed by atoms with van der Waals surface area (Å²) < 4.78 is 15.4. The van der Waals surface area contributed by atoms with Gasteiger partial charge in [0.2, 0.25) is 0 Å². The molecule has 3 aromatic rings. The van der Waals surface area contributed by atoms with Crippen LogP contribution in [0.3, 0.4) is 0 Å². The molecule has 31 heavy (non-hydrogen) atoms. The molecular formula is C22H19Cl2NO6. The fourth-order valence-electron chi connectivity index (χ4n) is 3.03. The number of fused-ring (bicyclic) bond motifs is 1. The first-order chi connectivity index (χ1) is 14.8. The Labute approximate surface area is 187 Å². The first kappa shape index (κ1) is 22.7. The van der Waals surface area contributed by atoms with Crippen LogP contribution in [0.15, 0.2) is 51.7 Å². The van der Waals surface area contributed by atoms with Gasteiger partial charge in [-0.2, -0.15) is 0 Å². The van der Waals surface area contributed by atoms with E-state index in [-0.39, 0.29) is 29.2 Å². The summed E-state index contributed by atoms with van der Waals surface area (Å²) in [4.78, 5) is 37.4. The smallest absolute Gasteiger partial charge is 0.349 e. The van der Waals surface area contributed by atoms with Crippen molar-refractivity contribution in [2.24, 2.45) is 0 Å². The van der Waals surface area contributed by atoms with Crippen molar-refractivity contribution in [3.8, 4) is 5.75 Å². The van der Waals surface area contributed by atoms with Crippen LogP contribution >= 0.6 is 23.2 Å². The lowest BCUT2D eigenvalue weighted by atomic mass is 10.0. The monoisotopic (exact) mass is 463 g/mol. The van der Waals surface area contributed by atoms with Gasteiger partial charge in [0.15, 0.2) is 5.58 Å². The van der Waals surface area contributed by atoms with Crippen LogP contribution in [0, 0.1) is 0 Å². The van der Waals surface area contributed by atoms with E-state index in [9.17, 15) is 14.4 Å². The molecule has 1 heterocycles. The second-order valence-electron chi connectivity index (χ2n) is 6.56. The van der Waals surface area contributed by atoms with Crippen LogP contribution < -0.4 is 15.7 Å². The van der Waals surface area contributed by atoms with Gasteiger partial charge >= 0.3 is 11.6 Å². The van der Waals surface area contributed by atoms with E-state index in [0.29, 0.717) is 21.7 Å². The molecule has 0 bridgehead atoms. The largest absolute Gasteiger partial charge is 0.497 e. The number of esters is 1. The molecule has 0 fully saturated rings. The normalized spacial score (nSPS) is 11.7. The minimum Gasteiger partial charge on any atom is -0.497 e. The summed E-state index contributed by atoms with van der Waals surface area (Å²) in [5.41, 5.74) is -0.337. The molecule has 0 aliphatic rings. The van der Waals surface area contributed by atoms with Crippen molar-refractivity contribution in [3.05, 3.63) is 74.1 Å². The highest BCUT2D eigenvalue weighted by molar-refractivity contribution is 6.38. The molecule has 0 saturated carbocycles. The molecule has 1 atom stereocenters. The molecule has 0 saturated heterocycles.